The molecule has 1 aromatic heterocycles. The van der Waals surface area contributed by atoms with Crippen LogP contribution in [-0.4, -0.2) is 33.9 Å². The molecule has 0 aliphatic carbocycles. The number of ether oxygens (including phenoxy) is 1. The molecule has 0 aliphatic heterocycles. The van der Waals surface area contributed by atoms with Crippen molar-refractivity contribution in [2.24, 2.45) is 0 Å². The summed E-state index contributed by atoms with van der Waals surface area (Å²) < 4.78 is 6.19. The zero-order valence-corrected chi connectivity index (χ0v) is 11.2. The van der Waals surface area contributed by atoms with Gasteiger partial charge in [0.05, 0.1) is 18.4 Å². The molecule has 0 spiro atoms. The normalized spacial score (nSPS) is 10.3. The van der Waals surface area contributed by atoms with E-state index in [4.69, 9.17) is 5.11 Å². The number of rotatable bonds is 4. The summed E-state index contributed by atoms with van der Waals surface area (Å²) in [7, 11) is 1.31. The van der Waals surface area contributed by atoms with Crippen LogP contribution in [0.1, 0.15) is 33.5 Å². The quantitative estimate of drug-likeness (QED) is 0.861. The van der Waals surface area contributed by atoms with E-state index in [1.54, 1.807) is 24.3 Å². The fraction of sp³-hybridized carbons (Fsp3) is 0.214. The minimum Gasteiger partial charge on any atom is -0.476 e. The first-order chi connectivity index (χ1) is 9.56. The summed E-state index contributed by atoms with van der Waals surface area (Å²) in [5.41, 5.74) is 1.74. The summed E-state index contributed by atoms with van der Waals surface area (Å²) in [6, 6.07) is 8.21. The lowest BCUT2D eigenvalue weighted by atomic mass is 10.2. The van der Waals surface area contributed by atoms with E-state index in [0.29, 0.717) is 17.7 Å². The maximum Gasteiger partial charge on any atom is 0.356 e. The van der Waals surface area contributed by atoms with Gasteiger partial charge in [-0.25, -0.2) is 14.3 Å². The van der Waals surface area contributed by atoms with E-state index < -0.39 is 11.9 Å². The summed E-state index contributed by atoms with van der Waals surface area (Å²) in [5, 5.41) is 13.0. The third kappa shape index (κ3) is 2.54. The number of aryl methyl sites for hydroxylation is 1. The van der Waals surface area contributed by atoms with Crippen LogP contribution in [0.4, 0.5) is 0 Å². The van der Waals surface area contributed by atoms with Gasteiger partial charge in [-0.05, 0) is 30.7 Å². The molecule has 104 valence electrons. The molecule has 0 saturated carbocycles. The second-order valence-corrected chi connectivity index (χ2v) is 4.13. The van der Waals surface area contributed by atoms with E-state index in [1.807, 2.05) is 6.92 Å². The van der Waals surface area contributed by atoms with Crippen LogP contribution < -0.4 is 0 Å². The molecule has 0 fully saturated rings. The summed E-state index contributed by atoms with van der Waals surface area (Å²) in [6.45, 7) is 1.91. The molecule has 6 nitrogen and oxygen atoms in total. The second kappa shape index (κ2) is 5.56. The van der Waals surface area contributed by atoms with Gasteiger partial charge < -0.3 is 9.84 Å². The predicted molar refractivity (Wildman–Crippen MR) is 71.2 cm³/mol. The Kier molecular flexibility index (Phi) is 3.84. The molecule has 0 aliphatic rings. The Bertz CT molecular complexity index is 661. The van der Waals surface area contributed by atoms with Crippen molar-refractivity contribution in [3.63, 3.8) is 0 Å². The topological polar surface area (TPSA) is 81.4 Å². The Morgan fingerprint density at radius 1 is 1.35 bits per heavy atom. The third-order valence-corrected chi connectivity index (χ3v) is 2.88. The molecule has 0 atom stereocenters. The smallest absolute Gasteiger partial charge is 0.356 e. The first-order valence-electron chi connectivity index (χ1n) is 6.07. The van der Waals surface area contributed by atoms with E-state index in [0.717, 1.165) is 5.69 Å². The fourth-order valence-electron chi connectivity index (χ4n) is 1.88. The fourth-order valence-corrected chi connectivity index (χ4v) is 1.88. The monoisotopic (exact) mass is 274 g/mol. The lowest BCUT2D eigenvalue weighted by Gasteiger charge is -2.07. The van der Waals surface area contributed by atoms with E-state index >= 15 is 0 Å². The Balaban J connectivity index is 2.50. The molecule has 1 heterocycles. The maximum absolute atomic E-state index is 11.5. The minimum atomic E-state index is -1.08. The minimum absolute atomic E-state index is 0.0229. The van der Waals surface area contributed by atoms with Gasteiger partial charge in [-0.2, -0.15) is 5.10 Å². The number of carboxylic acids is 1. The van der Waals surface area contributed by atoms with Gasteiger partial charge in [-0.15, -0.1) is 0 Å². The van der Waals surface area contributed by atoms with Gasteiger partial charge in [-0.3, -0.25) is 0 Å². The lowest BCUT2D eigenvalue weighted by Crippen LogP contribution is -2.06. The molecule has 2 aromatic rings. The molecular weight excluding hydrogens is 260 g/mol. The Hall–Kier alpha value is -2.63. The highest BCUT2D eigenvalue weighted by Crippen LogP contribution is 2.16. The molecule has 0 radical (unpaired) electrons. The molecule has 1 aromatic carbocycles. The van der Waals surface area contributed by atoms with Crippen molar-refractivity contribution >= 4 is 11.9 Å². The van der Waals surface area contributed by atoms with Crippen LogP contribution in [0.15, 0.2) is 30.3 Å². The van der Waals surface area contributed by atoms with Crippen molar-refractivity contribution in [1.82, 2.24) is 9.78 Å². The predicted octanol–water partition coefficient (Wildman–Crippen LogP) is 1.92. The molecule has 0 saturated heterocycles. The molecule has 6 heteroatoms. The first-order valence-corrected chi connectivity index (χ1v) is 6.07. The molecule has 2 rings (SSSR count). The molecule has 1 N–H and O–H groups in total. The highest BCUT2D eigenvalue weighted by atomic mass is 16.5. The number of aromatic carboxylic acids is 1. The van der Waals surface area contributed by atoms with Gasteiger partial charge in [0.1, 0.15) is 0 Å². The van der Waals surface area contributed by atoms with Crippen LogP contribution in [-0.2, 0) is 11.2 Å². The zero-order valence-electron chi connectivity index (χ0n) is 11.2. The number of esters is 1. The number of hydrogen-bond acceptors (Lipinski definition) is 4. The van der Waals surface area contributed by atoms with Crippen molar-refractivity contribution in [2.45, 2.75) is 13.3 Å². The van der Waals surface area contributed by atoms with E-state index in [9.17, 15) is 9.59 Å². The summed E-state index contributed by atoms with van der Waals surface area (Å²) in [5.74, 6) is -1.53. The number of aromatic nitrogens is 2. The van der Waals surface area contributed by atoms with Crippen LogP contribution in [0.2, 0.25) is 0 Å². The van der Waals surface area contributed by atoms with Crippen molar-refractivity contribution < 1.29 is 19.4 Å². The highest BCUT2D eigenvalue weighted by molar-refractivity contribution is 5.90. The van der Waals surface area contributed by atoms with Gasteiger partial charge in [-0.1, -0.05) is 13.0 Å². The van der Waals surface area contributed by atoms with E-state index in [1.165, 1.54) is 17.9 Å². The largest absolute Gasteiger partial charge is 0.476 e. The number of carboxylic acid groups (broad SMARTS) is 1. The molecule has 0 unspecified atom stereocenters. The van der Waals surface area contributed by atoms with Crippen LogP contribution in [0, 0.1) is 0 Å². The van der Waals surface area contributed by atoms with Crippen LogP contribution >= 0.6 is 0 Å². The molecular formula is C14H14N2O4. The highest BCUT2D eigenvalue weighted by Gasteiger charge is 2.14. The number of benzene rings is 1. The molecule has 0 bridgehead atoms. The average Bonchev–Trinajstić information content (AvgIpc) is 2.91. The SMILES string of the molecule is CCc1cc(C(=O)O)nn1-c1cccc(C(=O)OC)c1. The van der Waals surface area contributed by atoms with Crippen molar-refractivity contribution in [2.75, 3.05) is 7.11 Å². The average molecular weight is 274 g/mol. The maximum atomic E-state index is 11.5. The van der Waals surface area contributed by atoms with Crippen LogP contribution in [0.25, 0.3) is 5.69 Å². The standard InChI is InChI=1S/C14H14N2O4/c1-3-10-8-12(13(17)18)15-16(10)11-6-4-5-9(7-11)14(19)20-2/h4-8H,3H2,1-2H3,(H,17,18). The van der Waals surface area contributed by atoms with E-state index in [-0.39, 0.29) is 5.69 Å². The van der Waals surface area contributed by atoms with Crippen molar-refractivity contribution in [3.8, 4) is 5.69 Å². The van der Waals surface area contributed by atoms with Gasteiger partial charge >= 0.3 is 11.9 Å². The zero-order chi connectivity index (χ0) is 14.7. The summed E-state index contributed by atoms with van der Waals surface area (Å²) in [6.07, 6.45) is 0.628. The van der Waals surface area contributed by atoms with Gasteiger partial charge in [0, 0.05) is 5.69 Å². The van der Waals surface area contributed by atoms with Crippen LogP contribution in [0.5, 0.6) is 0 Å². The van der Waals surface area contributed by atoms with Gasteiger partial charge in [0.25, 0.3) is 0 Å². The Morgan fingerprint density at radius 2 is 2.10 bits per heavy atom. The molecule has 0 amide bonds. The summed E-state index contributed by atoms with van der Waals surface area (Å²) in [4.78, 5) is 22.5. The number of hydrogen-bond donors (Lipinski definition) is 1. The second-order valence-electron chi connectivity index (χ2n) is 4.13. The van der Waals surface area contributed by atoms with Gasteiger partial charge in [0.15, 0.2) is 5.69 Å². The lowest BCUT2D eigenvalue weighted by molar-refractivity contribution is 0.0599. The Labute approximate surface area is 115 Å². The van der Waals surface area contributed by atoms with Crippen LogP contribution in [0.3, 0.4) is 0 Å². The van der Waals surface area contributed by atoms with Crippen molar-refractivity contribution in [1.29, 1.82) is 0 Å². The summed E-state index contributed by atoms with van der Waals surface area (Å²) >= 11 is 0. The van der Waals surface area contributed by atoms with E-state index in [2.05, 4.69) is 9.84 Å². The number of carbonyl (C=O) groups excluding carboxylic acids is 1. The Morgan fingerprint density at radius 3 is 2.70 bits per heavy atom. The number of methoxy groups -OCH3 is 1. The number of carbonyl (C=O) groups is 2. The third-order valence-electron chi connectivity index (χ3n) is 2.88. The first kappa shape index (κ1) is 13.8. The van der Waals surface area contributed by atoms with Crippen molar-refractivity contribution in [3.05, 3.63) is 47.3 Å². The number of nitrogens with zero attached hydrogens (tertiary/aromatic N) is 2. The van der Waals surface area contributed by atoms with Gasteiger partial charge in [0.2, 0.25) is 0 Å². The molecule has 20 heavy (non-hydrogen) atoms.